The maximum Gasteiger partial charge on any atom is 0.334 e. The van der Waals surface area contributed by atoms with Crippen LogP contribution in [0.1, 0.15) is 25.3 Å². The van der Waals surface area contributed by atoms with Gasteiger partial charge in [-0.1, -0.05) is 0 Å². The number of hydrogen-bond acceptors (Lipinski definition) is 6. The Morgan fingerprint density at radius 1 is 1.15 bits per heavy atom. The summed E-state index contributed by atoms with van der Waals surface area (Å²) in [5.74, 6) is -3.51. The highest BCUT2D eigenvalue weighted by atomic mass is 32.1. The number of rotatable bonds is 4. The molecule has 0 amide bonds. The van der Waals surface area contributed by atoms with E-state index in [2.05, 4.69) is 5.32 Å². The van der Waals surface area contributed by atoms with Gasteiger partial charge in [0.1, 0.15) is 0 Å². The van der Waals surface area contributed by atoms with Crippen LogP contribution in [0.4, 0.5) is 5.69 Å². The lowest BCUT2D eigenvalue weighted by Crippen LogP contribution is -2.30. The first kappa shape index (κ1) is 17.6. The summed E-state index contributed by atoms with van der Waals surface area (Å²) in [5.41, 5.74) is 0.813. The van der Waals surface area contributed by atoms with E-state index in [1.54, 1.807) is 25.3 Å². The van der Waals surface area contributed by atoms with E-state index in [0.29, 0.717) is 27.0 Å². The van der Waals surface area contributed by atoms with E-state index < -0.39 is 22.8 Å². The van der Waals surface area contributed by atoms with Crippen LogP contribution in [-0.2, 0) is 9.59 Å². The lowest BCUT2D eigenvalue weighted by molar-refractivity contribution is -0.384. The third kappa shape index (κ3) is 2.72. The normalized spacial score (nSPS) is 15.3. The monoisotopic (exact) mass is 374 g/mol. The Morgan fingerprint density at radius 3 is 2.23 bits per heavy atom. The molecule has 3 rings (SSSR count). The van der Waals surface area contributed by atoms with E-state index >= 15 is 0 Å². The van der Waals surface area contributed by atoms with Crippen LogP contribution in [0, 0.1) is 10.1 Å². The van der Waals surface area contributed by atoms with Gasteiger partial charge in [0.05, 0.1) is 22.0 Å². The van der Waals surface area contributed by atoms with E-state index in [-0.39, 0.29) is 16.8 Å². The third-order valence-corrected chi connectivity index (χ3v) is 5.31. The topological polar surface area (TPSA) is 130 Å². The molecule has 0 radical (unpaired) electrons. The minimum Gasteiger partial charge on any atom is -0.478 e. The number of nitro groups is 1. The molecule has 0 unspecified atom stereocenters. The van der Waals surface area contributed by atoms with Crippen LogP contribution in [0.3, 0.4) is 0 Å². The van der Waals surface area contributed by atoms with E-state index in [4.69, 9.17) is 0 Å². The Morgan fingerprint density at radius 2 is 1.73 bits per heavy atom. The highest BCUT2D eigenvalue weighted by Gasteiger charge is 2.37. The summed E-state index contributed by atoms with van der Waals surface area (Å²) in [6, 6.07) is 4.30. The van der Waals surface area contributed by atoms with Gasteiger partial charge in [-0.3, -0.25) is 10.1 Å². The van der Waals surface area contributed by atoms with Crippen molar-refractivity contribution in [2.45, 2.75) is 19.8 Å². The fraction of sp³-hybridized carbons (Fsp3) is 0.176. The highest BCUT2D eigenvalue weighted by Crippen LogP contribution is 2.43. The summed E-state index contributed by atoms with van der Waals surface area (Å²) >= 11 is 1.28. The zero-order valence-corrected chi connectivity index (χ0v) is 14.6. The molecule has 0 atom stereocenters. The van der Waals surface area contributed by atoms with Crippen LogP contribution in [0.2, 0.25) is 0 Å². The summed E-state index contributed by atoms with van der Waals surface area (Å²) < 4.78 is 0.717. The van der Waals surface area contributed by atoms with Gasteiger partial charge < -0.3 is 15.5 Å². The number of hydrogen-bond donors (Lipinski definition) is 3. The molecule has 0 saturated heterocycles. The van der Waals surface area contributed by atoms with Gasteiger partial charge in [0.25, 0.3) is 5.69 Å². The van der Waals surface area contributed by atoms with Crippen LogP contribution in [0.5, 0.6) is 0 Å². The van der Waals surface area contributed by atoms with Crippen molar-refractivity contribution >= 4 is 39.0 Å². The summed E-state index contributed by atoms with van der Waals surface area (Å²) in [7, 11) is 0. The van der Waals surface area contributed by atoms with Gasteiger partial charge in [0.2, 0.25) is 0 Å². The molecule has 0 aliphatic carbocycles. The van der Waals surface area contributed by atoms with Crippen molar-refractivity contribution in [1.29, 1.82) is 0 Å². The van der Waals surface area contributed by atoms with Crippen molar-refractivity contribution in [3.05, 3.63) is 61.8 Å². The largest absolute Gasteiger partial charge is 0.478 e. The van der Waals surface area contributed by atoms with E-state index in [1.807, 2.05) is 0 Å². The number of carbonyl (C=O) groups is 2. The minimum atomic E-state index is -1.24. The number of dihydropyridines is 1. The second kappa shape index (κ2) is 6.26. The van der Waals surface area contributed by atoms with Crippen LogP contribution in [-0.4, -0.2) is 27.1 Å². The maximum absolute atomic E-state index is 11.8. The van der Waals surface area contributed by atoms with Gasteiger partial charge in [-0.2, -0.15) is 0 Å². The molecule has 1 aliphatic rings. The van der Waals surface area contributed by atoms with E-state index in [0.717, 1.165) is 0 Å². The second-order valence-corrected chi connectivity index (χ2v) is 6.79. The number of thiophene rings is 1. The lowest BCUT2D eigenvalue weighted by Gasteiger charge is -2.28. The second-order valence-electron chi connectivity index (χ2n) is 5.87. The first-order valence-corrected chi connectivity index (χ1v) is 8.41. The molecule has 0 bridgehead atoms. The van der Waals surface area contributed by atoms with Crippen molar-refractivity contribution in [2.75, 3.05) is 0 Å². The molecule has 0 saturated carbocycles. The molecule has 134 valence electrons. The van der Waals surface area contributed by atoms with Crippen LogP contribution >= 0.6 is 11.3 Å². The molecule has 8 nitrogen and oxygen atoms in total. The summed E-state index contributed by atoms with van der Waals surface area (Å²) in [6.45, 7) is 3.13. The fourth-order valence-corrected chi connectivity index (χ4v) is 4.21. The first-order valence-electron chi connectivity index (χ1n) is 7.53. The number of carboxylic acid groups (broad SMARTS) is 2. The Labute approximate surface area is 151 Å². The molecular weight excluding hydrogens is 360 g/mol. The number of aliphatic carboxylic acids is 2. The van der Waals surface area contributed by atoms with Crippen LogP contribution in [0.25, 0.3) is 10.1 Å². The molecular formula is C17H14N2O6S. The molecule has 3 N–H and O–H groups in total. The number of nitrogens with one attached hydrogen (secondary N) is 1. The number of nitrogens with zero attached hydrogens (tertiary/aromatic N) is 1. The zero-order chi connectivity index (χ0) is 19.2. The molecule has 9 heteroatoms. The smallest absolute Gasteiger partial charge is 0.334 e. The number of non-ortho nitro benzene ring substituents is 1. The molecule has 1 aromatic carbocycles. The number of fused-ring (bicyclic) bond motifs is 1. The molecule has 0 spiro atoms. The molecule has 1 aliphatic heterocycles. The van der Waals surface area contributed by atoms with Gasteiger partial charge in [0.15, 0.2) is 0 Å². The molecule has 2 heterocycles. The molecule has 0 fully saturated rings. The minimum absolute atomic E-state index is 0.0841. The average Bonchev–Trinajstić information content (AvgIpc) is 2.95. The van der Waals surface area contributed by atoms with Crippen molar-refractivity contribution in [3.8, 4) is 0 Å². The standard InChI is InChI=1S/C17H14N2O6S/c1-7-13(16(20)21)15(14(17(22)23)8(2)18-7)11-6-26-12-4-3-9(19(24)25)5-10(11)12/h3-6,15,18H,1-2H3,(H,20,21)(H,22,23). The Kier molecular flexibility index (Phi) is 4.25. The summed E-state index contributed by atoms with van der Waals surface area (Å²) in [4.78, 5) is 34.2. The molecule has 26 heavy (non-hydrogen) atoms. The lowest BCUT2D eigenvalue weighted by atomic mass is 9.80. The Balaban J connectivity index is 2.33. The number of allylic oxidation sites excluding steroid dienone is 2. The van der Waals surface area contributed by atoms with Crippen molar-refractivity contribution in [2.24, 2.45) is 0 Å². The van der Waals surface area contributed by atoms with Crippen LogP contribution in [0.15, 0.2) is 46.1 Å². The number of nitro benzene ring substituents is 1. The Hall–Kier alpha value is -3.20. The summed E-state index contributed by atoms with van der Waals surface area (Å²) in [6.07, 6.45) is 0. The summed E-state index contributed by atoms with van der Waals surface area (Å²) in [5, 5.41) is 35.4. The first-order chi connectivity index (χ1) is 12.2. The SMILES string of the molecule is CC1=C(C(=O)O)C(c2csc3ccc([N+](=O)[O-])cc23)C(C(=O)O)=C(C)N1. The van der Waals surface area contributed by atoms with Gasteiger partial charge in [-0.15, -0.1) is 11.3 Å². The van der Waals surface area contributed by atoms with Gasteiger partial charge in [-0.05, 0) is 30.9 Å². The number of benzene rings is 1. The predicted octanol–water partition coefficient (Wildman–Crippen LogP) is 3.21. The van der Waals surface area contributed by atoms with Crippen molar-refractivity contribution in [1.82, 2.24) is 5.32 Å². The van der Waals surface area contributed by atoms with Crippen molar-refractivity contribution in [3.63, 3.8) is 0 Å². The van der Waals surface area contributed by atoms with Gasteiger partial charge in [-0.25, -0.2) is 9.59 Å². The average molecular weight is 374 g/mol. The van der Waals surface area contributed by atoms with Crippen molar-refractivity contribution < 1.29 is 24.7 Å². The van der Waals surface area contributed by atoms with E-state index in [1.165, 1.54) is 23.5 Å². The van der Waals surface area contributed by atoms with Gasteiger partial charge >= 0.3 is 11.9 Å². The third-order valence-electron chi connectivity index (χ3n) is 4.33. The Bertz CT molecular complexity index is 997. The van der Waals surface area contributed by atoms with E-state index in [9.17, 15) is 29.9 Å². The predicted molar refractivity (Wildman–Crippen MR) is 95.0 cm³/mol. The number of carboxylic acids is 2. The molecule has 1 aromatic heterocycles. The highest BCUT2D eigenvalue weighted by molar-refractivity contribution is 7.17. The quantitative estimate of drug-likeness (QED) is 0.553. The van der Waals surface area contributed by atoms with Gasteiger partial charge in [0, 0.05) is 33.6 Å². The molecule has 2 aromatic rings. The fourth-order valence-electron chi connectivity index (χ4n) is 3.25. The maximum atomic E-state index is 11.8. The van der Waals surface area contributed by atoms with Crippen LogP contribution < -0.4 is 5.32 Å². The zero-order valence-electron chi connectivity index (χ0n) is 13.8.